The van der Waals surface area contributed by atoms with Crippen LogP contribution in [-0.4, -0.2) is 87.7 Å². The largest absolute Gasteiger partial charge is 0.494 e. The number of fused-ring (bicyclic) bond motifs is 1. The van der Waals surface area contributed by atoms with Crippen molar-refractivity contribution in [3.63, 3.8) is 0 Å². The first kappa shape index (κ1) is 34.6. The van der Waals surface area contributed by atoms with E-state index in [2.05, 4.69) is 26.1 Å². The van der Waals surface area contributed by atoms with Crippen molar-refractivity contribution >= 4 is 40.1 Å². The van der Waals surface area contributed by atoms with Gasteiger partial charge in [0.05, 0.1) is 38.2 Å². The van der Waals surface area contributed by atoms with Crippen LogP contribution in [-0.2, 0) is 19.7 Å². The second-order valence-corrected chi connectivity index (χ2v) is 12.8. The quantitative estimate of drug-likeness (QED) is 0.186. The Bertz CT molecular complexity index is 1670. The van der Waals surface area contributed by atoms with Crippen LogP contribution in [0.4, 0.5) is 10.5 Å². The molecule has 3 N–H and O–H groups in total. The molecule has 0 radical (unpaired) electrons. The highest BCUT2D eigenvalue weighted by molar-refractivity contribution is 6.50. The lowest BCUT2D eigenvalue weighted by Crippen LogP contribution is -2.38. The normalized spacial score (nSPS) is 15.5. The Morgan fingerprint density at radius 1 is 1.00 bits per heavy atom. The van der Waals surface area contributed by atoms with E-state index < -0.39 is 12.0 Å². The highest BCUT2D eigenvalue weighted by Crippen LogP contribution is 2.36. The molecule has 2 aliphatic rings. The number of carbonyl (C=O) groups is 3. The Morgan fingerprint density at radius 2 is 1.73 bits per heavy atom. The molecule has 1 heterocycles. The van der Waals surface area contributed by atoms with Crippen LogP contribution in [0.5, 0.6) is 11.5 Å². The van der Waals surface area contributed by atoms with Crippen molar-refractivity contribution in [2.24, 2.45) is 5.10 Å². The molecular formula is C36H45N5O7. The van der Waals surface area contributed by atoms with E-state index >= 15 is 0 Å². The van der Waals surface area contributed by atoms with Crippen LogP contribution in [0.2, 0.25) is 0 Å². The third-order valence-corrected chi connectivity index (χ3v) is 8.22. The number of hydrogen-bond acceptors (Lipinski definition) is 9. The SMILES string of the molecule is CCOC(=O)N/N=C(\C(=O)Nc1cc(C(C)(C)C)cc(C(=O)NC2CC2)c1OC)c1ccc(OCCN2CCOCC2)c2ccccc12. The fourth-order valence-electron chi connectivity index (χ4n) is 5.43. The first-order valence-electron chi connectivity index (χ1n) is 16.4. The summed E-state index contributed by atoms with van der Waals surface area (Å²) >= 11 is 0. The highest BCUT2D eigenvalue weighted by Gasteiger charge is 2.29. The van der Waals surface area contributed by atoms with Gasteiger partial charge >= 0.3 is 6.09 Å². The van der Waals surface area contributed by atoms with Crippen molar-refractivity contribution in [3.05, 3.63) is 65.2 Å². The minimum Gasteiger partial charge on any atom is -0.494 e. The molecule has 3 aromatic carbocycles. The van der Waals surface area contributed by atoms with Crippen LogP contribution < -0.4 is 25.5 Å². The van der Waals surface area contributed by atoms with Crippen LogP contribution in [0, 0.1) is 0 Å². The molecule has 1 aliphatic heterocycles. The molecule has 256 valence electrons. The Morgan fingerprint density at radius 3 is 2.40 bits per heavy atom. The maximum Gasteiger partial charge on any atom is 0.427 e. The lowest BCUT2D eigenvalue weighted by Gasteiger charge is -2.26. The summed E-state index contributed by atoms with van der Waals surface area (Å²) in [5.74, 6) is -0.0208. The molecule has 0 bridgehead atoms. The van der Waals surface area contributed by atoms with Crippen molar-refractivity contribution in [1.82, 2.24) is 15.6 Å². The van der Waals surface area contributed by atoms with Gasteiger partial charge in [0.2, 0.25) is 0 Å². The molecule has 48 heavy (non-hydrogen) atoms. The number of anilines is 1. The lowest BCUT2D eigenvalue weighted by atomic mass is 9.85. The third-order valence-electron chi connectivity index (χ3n) is 8.22. The van der Waals surface area contributed by atoms with E-state index in [1.54, 1.807) is 31.2 Å². The summed E-state index contributed by atoms with van der Waals surface area (Å²) < 4.78 is 22.4. The van der Waals surface area contributed by atoms with Gasteiger partial charge in [-0.05, 0) is 60.4 Å². The molecule has 0 aromatic heterocycles. The van der Waals surface area contributed by atoms with Crippen molar-refractivity contribution in [2.45, 2.75) is 52.0 Å². The predicted octanol–water partition coefficient (Wildman–Crippen LogP) is 4.84. The van der Waals surface area contributed by atoms with Crippen LogP contribution in [0.15, 0.2) is 53.6 Å². The monoisotopic (exact) mass is 659 g/mol. The van der Waals surface area contributed by atoms with E-state index in [0.717, 1.165) is 43.4 Å². The molecule has 1 saturated heterocycles. The van der Waals surface area contributed by atoms with Crippen LogP contribution >= 0.6 is 0 Å². The first-order valence-corrected chi connectivity index (χ1v) is 16.4. The molecule has 5 rings (SSSR count). The number of methoxy groups -OCH3 is 1. The van der Waals surface area contributed by atoms with E-state index in [1.165, 1.54) is 7.11 Å². The number of hydrazone groups is 1. The number of nitrogens with one attached hydrogen (secondary N) is 3. The molecule has 0 spiro atoms. The number of carbonyl (C=O) groups excluding carboxylic acids is 3. The number of nitrogens with zero attached hydrogens (tertiary/aromatic N) is 2. The Kier molecular flexibility index (Phi) is 11.2. The number of amides is 3. The molecule has 1 saturated carbocycles. The average Bonchev–Trinajstić information content (AvgIpc) is 3.89. The summed E-state index contributed by atoms with van der Waals surface area (Å²) in [6.07, 6.45) is 1.05. The number of morpholine rings is 1. The summed E-state index contributed by atoms with van der Waals surface area (Å²) in [6.45, 7) is 12.3. The minimum absolute atomic E-state index is 0.0775. The van der Waals surface area contributed by atoms with Crippen molar-refractivity contribution in [1.29, 1.82) is 0 Å². The van der Waals surface area contributed by atoms with Gasteiger partial charge in [0, 0.05) is 36.6 Å². The van der Waals surface area contributed by atoms with Crippen molar-refractivity contribution in [3.8, 4) is 11.5 Å². The van der Waals surface area contributed by atoms with E-state index in [-0.39, 0.29) is 35.4 Å². The van der Waals surface area contributed by atoms with Crippen LogP contribution in [0.1, 0.15) is 62.0 Å². The third kappa shape index (κ3) is 8.61. The summed E-state index contributed by atoms with van der Waals surface area (Å²) in [5.41, 5.74) is 3.82. The topological polar surface area (TPSA) is 140 Å². The fourth-order valence-corrected chi connectivity index (χ4v) is 5.43. The summed E-state index contributed by atoms with van der Waals surface area (Å²) in [6, 6.07) is 14.8. The lowest BCUT2D eigenvalue weighted by molar-refractivity contribution is -0.110. The fraction of sp³-hybridized carbons (Fsp3) is 0.444. The average molecular weight is 660 g/mol. The zero-order valence-corrected chi connectivity index (χ0v) is 28.3. The Balaban J connectivity index is 1.50. The van der Waals surface area contributed by atoms with Crippen molar-refractivity contribution < 1.29 is 33.3 Å². The minimum atomic E-state index is -0.804. The zero-order valence-electron chi connectivity index (χ0n) is 28.3. The molecule has 1 aliphatic carbocycles. The summed E-state index contributed by atoms with van der Waals surface area (Å²) in [5, 5.41) is 11.7. The molecular weight excluding hydrogens is 614 g/mol. The van der Waals surface area contributed by atoms with Gasteiger partial charge in [-0.2, -0.15) is 5.10 Å². The van der Waals surface area contributed by atoms with E-state index in [9.17, 15) is 14.4 Å². The van der Waals surface area contributed by atoms with Crippen LogP contribution in [0.3, 0.4) is 0 Å². The number of ether oxygens (including phenoxy) is 4. The van der Waals surface area contributed by atoms with E-state index in [4.69, 9.17) is 18.9 Å². The highest BCUT2D eigenvalue weighted by atomic mass is 16.5. The number of hydrogen-bond donors (Lipinski definition) is 3. The van der Waals surface area contributed by atoms with E-state index in [0.29, 0.717) is 47.8 Å². The molecule has 3 aromatic rings. The van der Waals surface area contributed by atoms with Gasteiger partial charge in [-0.15, -0.1) is 0 Å². The van der Waals surface area contributed by atoms with Crippen LogP contribution in [0.25, 0.3) is 10.8 Å². The molecule has 12 heteroatoms. The number of benzene rings is 3. The summed E-state index contributed by atoms with van der Waals surface area (Å²) in [7, 11) is 1.46. The van der Waals surface area contributed by atoms with Gasteiger partial charge in [-0.1, -0.05) is 45.0 Å². The second-order valence-electron chi connectivity index (χ2n) is 12.8. The maximum absolute atomic E-state index is 14.2. The van der Waals surface area contributed by atoms with Gasteiger partial charge in [0.15, 0.2) is 11.5 Å². The number of rotatable bonds is 12. The molecule has 0 unspecified atom stereocenters. The van der Waals surface area contributed by atoms with Gasteiger partial charge in [0.25, 0.3) is 11.8 Å². The van der Waals surface area contributed by atoms with Crippen molar-refractivity contribution in [2.75, 3.05) is 58.5 Å². The molecule has 3 amide bonds. The van der Waals surface area contributed by atoms with Gasteiger partial charge < -0.3 is 29.6 Å². The molecule has 2 fully saturated rings. The second kappa shape index (κ2) is 15.5. The predicted molar refractivity (Wildman–Crippen MR) is 184 cm³/mol. The first-order chi connectivity index (χ1) is 23.1. The van der Waals surface area contributed by atoms with Gasteiger partial charge in [0.1, 0.15) is 12.4 Å². The zero-order chi connectivity index (χ0) is 34.3. The van der Waals surface area contributed by atoms with Gasteiger partial charge in [-0.25, -0.2) is 10.2 Å². The Hall–Kier alpha value is -4.68. The Labute approximate surface area is 281 Å². The molecule has 0 atom stereocenters. The summed E-state index contributed by atoms with van der Waals surface area (Å²) in [4.78, 5) is 42.2. The standard InChI is InChI=1S/C36H45N5O7/c1-6-47-35(44)40-39-31(27-13-14-30(26-10-8-7-9-25(26)27)48-20-17-41-15-18-46-19-16-41)34(43)38-29-22-23(36(2,3)4)21-28(32(29)45-5)33(42)37-24-11-12-24/h7-10,13-14,21-22,24H,6,11-12,15-20H2,1-5H3,(H,37,42)(H,38,43)(H,40,44)/b39-31-. The smallest absolute Gasteiger partial charge is 0.427 e. The van der Waals surface area contributed by atoms with E-state index in [1.807, 2.05) is 45.0 Å². The maximum atomic E-state index is 14.2. The van der Waals surface area contributed by atoms with Gasteiger partial charge in [-0.3, -0.25) is 14.5 Å². The molecule has 12 nitrogen and oxygen atoms in total.